The van der Waals surface area contributed by atoms with E-state index in [1.54, 1.807) is 12.1 Å². The summed E-state index contributed by atoms with van der Waals surface area (Å²) < 4.78 is 28.1. The van der Waals surface area contributed by atoms with Gasteiger partial charge in [-0.25, -0.2) is 13.1 Å². The average molecular weight is 464 g/mol. The summed E-state index contributed by atoms with van der Waals surface area (Å²) in [4.78, 5) is 15.4. The van der Waals surface area contributed by atoms with Crippen LogP contribution >= 0.6 is 0 Å². The number of nitrogens with one attached hydrogen (secondary N) is 1. The zero-order valence-corrected chi connectivity index (χ0v) is 19.9. The van der Waals surface area contributed by atoms with E-state index in [1.165, 1.54) is 17.7 Å². The Hall–Kier alpha value is -3.16. The van der Waals surface area contributed by atoms with E-state index >= 15 is 0 Å². The van der Waals surface area contributed by atoms with E-state index in [1.807, 2.05) is 18.2 Å². The molecule has 1 amide bonds. The predicted molar refractivity (Wildman–Crippen MR) is 130 cm³/mol. The van der Waals surface area contributed by atoms with Crippen molar-refractivity contribution in [1.29, 1.82) is 0 Å². The van der Waals surface area contributed by atoms with Gasteiger partial charge in [-0.3, -0.25) is 9.69 Å². The number of carbonyl (C=O) groups is 1. The normalized spacial score (nSPS) is 16.3. The predicted octanol–water partition coefficient (Wildman–Crippen LogP) is 3.63. The van der Waals surface area contributed by atoms with Gasteiger partial charge in [0.15, 0.2) is 0 Å². The number of hydrogen-bond acceptors (Lipinski definition) is 5. The summed E-state index contributed by atoms with van der Waals surface area (Å²) in [6.45, 7) is 7.35. The van der Waals surface area contributed by atoms with Gasteiger partial charge in [0, 0.05) is 18.8 Å². The third-order valence-electron chi connectivity index (χ3n) is 6.25. The van der Waals surface area contributed by atoms with Crippen LogP contribution in [0.3, 0.4) is 0 Å². The summed E-state index contributed by atoms with van der Waals surface area (Å²) in [7, 11) is -4.03. The molecule has 3 aromatic rings. The molecule has 1 unspecified atom stereocenters. The molecule has 33 heavy (non-hydrogen) atoms. The Labute approximate surface area is 195 Å². The lowest BCUT2D eigenvalue weighted by molar-refractivity contribution is -0.125. The second-order valence-electron chi connectivity index (χ2n) is 8.81. The molecule has 0 saturated carbocycles. The minimum Gasteiger partial charge on any atom is -0.399 e. The fraction of sp³-hybridized carbons (Fsp3) is 0.269. The van der Waals surface area contributed by atoms with Crippen molar-refractivity contribution in [3.63, 3.8) is 0 Å². The molecule has 6 nitrogen and oxygen atoms in total. The summed E-state index contributed by atoms with van der Waals surface area (Å²) >= 11 is 0. The third-order valence-corrected chi connectivity index (χ3v) is 7.60. The first kappa shape index (κ1) is 23.0. The van der Waals surface area contributed by atoms with Gasteiger partial charge in [-0.05, 0) is 73.2 Å². The molecule has 1 heterocycles. The number of anilines is 1. The van der Waals surface area contributed by atoms with Crippen molar-refractivity contribution in [1.82, 2.24) is 9.62 Å². The monoisotopic (exact) mass is 463 g/mol. The van der Waals surface area contributed by atoms with Crippen molar-refractivity contribution < 1.29 is 13.2 Å². The van der Waals surface area contributed by atoms with E-state index in [-0.39, 0.29) is 4.90 Å². The van der Waals surface area contributed by atoms with Crippen LogP contribution < -0.4 is 10.5 Å². The lowest BCUT2D eigenvalue weighted by Gasteiger charge is -2.36. The van der Waals surface area contributed by atoms with Gasteiger partial charge in [0.25, 0.3) is 15.9 Å². The second-order valence-corrected chi connectivity index (χ2v) is 10.5. The first-order chi connectivity index (χ1) is 15.6. The van der Waals surface area contributed by atoms with Crippen LogP contribution in [0.5, 0.6) is 0 Å². The average Bonchev–Trinajstić information content (AvgIpc) is 2.75. The molecule has 4 rings (SSSR count). The molecular formula is C26H29N3O3S. The molecule has 3 aromatic carbocycles. The fourth-order valence-electron chi connectivity index (χ4n) is 4.61. The first-order valence-corrected chi connectivity index (χ1v) is 12.4. The van der Waals surface area contributed by atoms with E-state index in [0.717, 1.165) is 27.8 Å². The molecule has 1 aliphatic heterocycles. The van der Waals surface area contributed by atoms with Gasteiger partial charge >= 0.3 is 0 Å². The van der Waals surface area contributed by atoms with E-state index in [9.17, 15) is 13.2 Å². The van der Waals surface area contributed by atoms with Crippen molar-refractivity contribution in [2.45, 2.75) is 51.2 Å². The number of benzene rings is 3. The number of nitrogens with zero attached hydrogens (tertiary/aromatic N) is 1. The topological polar surface area (TPSA) is 92.5 Å². The van der Waals surface area contributed by atoms with Gasteiger partial charge in [-0.2, -0.15) is 0 Å². The Morgan fingerprint density at radius 3 is 2.33 bits per heavy atom. The van der Waals surface area contributed by atoms with Crippen LogP contribution in [0.25, 0.3) is 0 Å². The second kappa shape index (κ2) is 9.00. The fourth-order valence-corrected chi connectivity index (χ4v) is 5.67. The van der Waals surface area contributed by atoms with Crippen molar-refractivity contribution in [3.8, 4) is 0 Å². The molecule has 0 fully saturated rings. The van der Waals surface area contributed by atoms with Gasteiger partial charge in [-0.15, -0.1) is 0 Å². The summed E-state index contributed by atoms with van der Waals surface area (Å²) in [6.07, 6.45) is 0.443. The Morgan fingerprint density at radius 1 is 1.00 bits per heavy atom. The highest BCUT2D eigenvalue weighted by molar-refractivity contribution is 7.90. The SMILES string of the molecule is Cc1cc(C)c(CN2Cc3ccccc3CC2C(=O)NS(=O)(=O)c2cccc(N)c2)c(C)c1. The highest BCUT2D eigenvalue weighted by Crippen LogP contribution is 2.28. The van der Waals surface area contributed by atoms with Gasteiger partial charge in [0.05, 0.1) is 10.9 Å². The van der Waals surface area contributed by atoms with Crippen LogP contribution in [0, 0.1) is 20.8 Å². The summed E-state index contributed by atoms with van der Waals surface area (Å²) in [5, 5.41) is 0. The number of rotatable bonds is 5. The minimum atomic E-state index is -4.03. The van der Waals surface area contributed by atoms with Gasteiger partial charge in [0.1, 0.15) is 0 Å². The van der Waals surface area contributed by atoms with E-state index in [4.69, 9.17) is 5.73 Å². The number of amides is 1. The molecule has 0 saturated heterocycles. The van der Waals surface area contributed by atoms with E-state index < -0.39 is 22.0 Å². The maximum absolute atomic E-state index is 13.3. The maximum atomic E-state index is 13.3. The number of aryl methyl sites for hydroxylation is 3. The van der Waals surface area contributed by atoms with Gasteiger partial charge in [0.2, 0.25) is 0 Å². The van der Waals surface area contributed by atoms with Crippen LogP contribution in [0.2, 0.25) is 0 Å². The van der Waals surface area contributed by atoms with Crippen LogP contribution in [0.4, 0.5) is 5.69 Å². The molecule has 0 aliphatic carbocycles. The smallest absolute Gasteiger partial charge is 0.264 e. The summed E-state index contributed by atoms with van der Waals surface area (Å²) in [5.74, 6) is -0.533. The summed E-state index contributed by atoms with van der Waals surface area (Å²) in [5.41, 5.74) is 13.0. The standard InChI is InChI=1S/C26H29N3O3S/c1-17-11-18(2)24(19(3)12-17)16-29-15-21-8-5-4-7-20(21)13-25(29)26(30)28-33(31,32)23-10-6-9-22(27)14-23/h4-12,14,25H,13,15-16,27H2,1-3H3,(H,28,30). The number of fused-ring (bicyclic) bond motifs is 1. The lowest BCUT2D eigenvalue weighted by Crippen LogP contribution is -2.51. The number of carbonyl (C=O) groups excluding carboxylic acids is 1. The molecule has 1 atom stereocenters. The number of nitrogen functional groups attached to an aromatic ring is 1. The molecule has 0 aromatic heterocycles. The number of nitrogens with two attached hydrogens (primary N) is 1. The summed E-state index contributed by atoms with van der Waals surface area (Å²) in [6, 6.07) is 17.6. The molecule has 0 spiro atoms. The lowest BCUT2D eigenvalue weighted by atomic mass is 9.92. The van der Waals surface area contributed by atoms with Crippen molar-refractivity contribution in [3.05, 3.63) is 94.0 Å². The first-order valence-electron chi connectivity index (χ1n) is 10.9. The molecule has 0 radical (unpaired) electrons. The number of sulfonamides is 1. The molecule has 0 bridgehead atoms. The molecule has 3 N–H and O–H groups in total. The molecular weight excluding hydrogens is 434 g/mol. The number of hydrogen-bond donors (Lipinski definition) is 2. The van der Waals surface area contributed by atoms with Crippen LogP contribution in [-0.2, 0) is 34.3 Å². The Morgan fingerprint density at radius 2 is 1.67 bits per heavy atom. The van der Waals surface area contributed by atoms with Crippen LogP contribution in [-0.4, -0.2) is 25.3 Å². The third kappa shape index (κ3) is 4.94. The molecule has 172 valence electrons. The molecule has 1 aliphatic rings. The van der Waals surface area contributed by atoms with Gasteiger partial charge < -0.3 is 5.73 Å². The van der Waals surface area contributed by atoms with Crippen LogP contribution in [0.1, 0.15) is 33.4 Å². The van der Waals surface area contributed by atoms with Crippen LogP contribution in [0.15, 0.2) is 65.6 Å². The van der Waals surface area contributed by atoms with Crippen molar-refractivity contribution >= 4 is 21.6 Å². The Bertz CT molecular complexity index is 1290. The Kier molecular flexibility index (Phi) is 6.28. The van der Waals surface area contributed by atoms with E-state index in [0.29, 0.717) is 25.2 Å². The maximum Gasteiger partial charge on any atom is 0.264 e. The Balaban J connectivity index is 1.65. The molecule has 7 heteroatoms. The quantitative estimate of drug-likeness (QED) is 0.564. The largest absolute Gasteiger partial charge is 0.399 e. The highest BCUT2D eigenvalue weighted by Gasteiger charge is 2.34. The zero-order chi connectivity index (χ0) is 23.8. The van der Waals surface area contributed by atoms with Crippen molar-refractivity contribution in [2.75, 3.05) is 5.73 Å². The minimum absolute atomic E-state index is 0.0242. The van der Waals surface area contributed by atoms with Gasteiger partial charge in [-0.1, -0.05) is 48.0 Å². The zero-order valence-electron chi connectivity index (χ0n) is 19.1. The van der Waals surface area contributed by atoms with E-state index in [2.05, 4.69) is 48.6 Å². The van der Waals surface area contributed by atoms with Crippen molar-refractivity contribution in [2.24, 2.45) is 0 Å². The highest BCUT2D eigenvalue weighted by atomic mass is 32.2.